The molecular weight excluding hydrogens is 250 g/mol. The summed E-state index contributed by atoms with van der Waals surface area (Å²) in [6.07, 6.45) is 1.04. The molecule has 2 aromatic carbocycles. The molecule has 0 fully saturated rings. The molecule has 0 bridgehead atoms. The fourth-order valence-electron chi connectivity index (χ4n) is 2.78. The van der Waals surface area contributed by atoms with Crippen LogP contribution in [0, 0.1) is 0 Å². The molecule has 3 rings (SSSR count). The third kappa shape index (κ3) is 2.19. The monoisotopic (exact) mass is 269 g/mol. The van der Waals surface area contributed by atoms with Crippen LogP contribution in [-0.2, 0) is 4.84 Å². The van der Waals surface area contributed by atoms with Gasteiger partial charge < -0.3 is 9.57 Å². The topological polar surface area (TPSA) is 30.5 Å². The van der Waals surface area contributed by atoms with Crippen LogP contribution in [0.3, 0.4) is 0 Å². The van der Waals surface area contributed by atoms with E-state index in [2.05, 4.69) is 42.7 Å². The zero-order valence-electron chi connectivity index (χ0n) is 11.8. The Balaban J connectivity index is 2.06. The molecule has 0 saturated heterocycles. The number of hydroxylamine groups is 1. The predicted molar refractivity (Wildman–Crippen MR) is 79.5 cm³/mol. The Labute approximate surface area is 119 Å². The fourth-order valence-corrected chi connectivity index (χ4v) is 2.78. The number of hydrogen-bond acceptors (Lipinski definition) is 3. The van der Waals surface area contributed by atoms with E-state index in [9.17, 15) is 0 Å². The Hall–Kier alpha value is -1.84. The Kier molecular flexibility index (Phi) is 3.72. The molecule has 2 aromatic rings. The summed E-state index contributed by atoms with van der Waals surface area (Å²) < 4.78 is 6.16. The molecule has 1 heterocycles. The van der Waals surface area contributed by atoms with E-state index in [1.54, 1.807) is 7.11 Å². The van der Waals surface area contributed by atoms with Gasteiger partial charge >= 0.3 is 0 Å². The van der Waals surface area contributed by atoms with Crippen LogP contribution >= 0.6 is 0 Å². The first kappa shape index (κ1) is 13.2. The number of benzene rings is 2. The molecule has 3 heteroatoms. The molecule has 1 aliphatic heterocycles. The standard InChI is InChI=1S/C17H19NO2/c1-3-15-16(18-19-2)14-11-7-10-13(17(14)20-15)12-8-5-4-6-9-12/h4-11,15-16,18H,3H2,1-2H3. The number of rotatable bonds is 4. The molecule has 3 nitrogen and oxygen atoms in total. The smallest absolute Gasteiger partial charge is 0.132 e. The third-order valence-corrected chi connectivity index (χ3v) is 3.75. The lowest BCUT2D eigenvalue weighted by Crippen LogP contribution is -2.29. The van der Waals surface area contributed by atoms with Gasteiger partial charge in [-0.2, -0.15) is 5.48 Å². The Morgan fingerprint density at radius 1 is 1.10 bits per heavy atom. The van der Waals surface area contributed by atoms with Crippen molar-refractivity contribution < 1.29 is 9.57 Å². The van der Waals surface area contributed by atoms with Crippen molar-refractivity contribution in [2.24, 2.45) is 0 Å². The normalized spacial score (nSPS) is 20.5. The maximum Gasteiger partial charge on any atom is 0.132 e. The summed E-state index contributed by atoms with van der Waals surface area (Å²) in [6.45, 7) is 2.13. The van der Waals surface area contributed by atoms with E-state index < -0.39 is 0 Å². The zero-order valence-corrected chi connectivity index (χ0v) is 11.8. The summed E-state index contributed by atoms with van der Waals surface area (Å²) in [4.78, 5) is 5.13. The van der Waals surface area contributed by atoms with E-state index in [1.807, 2.05) is 18.2 Å². The van der Waals surface area contributed by atoms with Crippen LogP contribution in [0.15, 0.2) is 48.5 Å². The Morgan fingerprint density at radius 3 is 2.60 bits per heavy atom. The lowest BCUT2D eigenvalue weighted by molar-refractivity contribution is 0.0284. The second-order valence-electron chi connectivity index (χ2n) is 4.95. The molecule has 20 heavy (non-hydrogen) atoms. The van der Waals surface area contributed by atoms with Crippen molar-refractivity contribution >= 4 is 0 Å². The second-order valence-corrected chi connectivity index (χ2v) is 4.95. The van der Waals surface area contributed by atoms with E-state index in [-0.39, 0.29) is 12.1 Å². The minimum absolute atomic E-state index is 0.0867. The van der Waals surface area contributed by atoms with Gasteiger partial charge in [0.25, 0.3) is 0 Å². The van der Waals surface area contributed by atoms with Crippen molar-refractivity contribution in [2.45, 2.75) is 25.5 Å². The van der Waals surface area contributed by atoms with Crippen molar-refractivity contribution in [2.75, 3.05) is 7.11 Å². The second kappa shape index (κ2) is 5.65. The highest BCUT2D eigenvalue weighted by Gasteiger charge is 2.34. The van der Waals surface area contributed by atoms with Crippen molar-refractivity contribution in [1.29, 1.82) is 0 Å². The van der Waals surface area contributed by atoms with Gasteiger partial charge in [-0.05, 0) is 12.0 Å². The van der Waals surface area contributed by atoms with Gasteiger partial charge in [0.05, 0.1) is 13.2 Å². The molecule has 0 amide bonds. The molecular formula is C17H19NO2. The van der Waals surface area contributed by atoms with E-state index in [0.29, 0.717) is 0 Å². The van der Waals surface area contributed by atoms with Gasteiger partial charge in [0.1, 0.15) is 11.9 Å². The van der Waals surface area contributed by atoms with Gasteiger partial charge in [0, 0.05) is 11.1 Å². The fraction of sp³-hybridized carbons (Fsp3) is 0.294. The average Bonchev–Trinajstić information content (AvgIpc) is 2.86. The molecule has 0 saturated carbocycles. The minimum atomic E-state index is 0.0867. The quantitative estimate of drug-likeness (QED) is 0.858. The molecule has 2 atom stereocenters. The first-order valence-corrected chi connectivity index (χ1v) is 6.98. The van der Waals surface area contributed by atoms with Crippen LogP contribution in [0.2, 0.25) is 0 Å². The summed E-state index contributed by atoms with van der Waals surface area (Å²) in [5, 5.41) is 0. The van der Waals surface area contributed by atoms with Crippen molar-refractivity contribution in [3.05, 3.63) is 54.1 Å². The van der Waals surface area contributed by atoms with Gasteiger partial charge in [-0.15, -0.1) is 0 Å². The van der Waals surface area contributed by atoms with Gasteiger partial charge in [-0.1, -0.05) is 55.5 Å². The number of nitrogens with one attached hydrogen (secondary N) is 1. The molecule has 1 N–H and O–H groups in total. The van der Waals surface area contributed by atoms with Crippen LogP contribution in [0.4, 0.5) is 0 Å². The molecule has 0 radical (unpaired) electrons. The SMILES string of the molecule is CCC1Oc2c(-c3ccccc3)cccc2C1NOC. The number of hydrogen-bond donors (Lipinski definition) is 1. The number of para-hydroxylation sites is 1. The van der Waals surface area contributed by atoms with Crippen molar-refractivity contribution in [3.63, 3.8) is 0 Å². The van der Waals surface area contributed by atoms with E-state index in [1.165, 1.54) is 11.1 Å². The first-order valence-electron chi connectivity index (χ1n) is 6.98. The van der Waals surface area contributed by atoms with Crippen molar-refractivity contribution in [1.82, 2.24) is 5.48 Å². The third-order valence-electron chi connectivity index (χ3n) is 3.75. The highest BCUT2D eigenvalue weighted by Crippen LogP contribution is 2.44. The molecule has 2 unspecified atom stereocenters. The largest absolute Gasteiger partial charge is 0.487 e. The first-order chi connectivity index (χ1) is 9.85. The summed E-state index contributed by atoms with van der Waals surface area (Å²) >= 11 is 0. The van der Waals surface area contributed by atoms with E-state index in [4.69, 9.17) is 9.57 Å². The predicted octanol–water partition coefficient (Wildman–Crippen LogP) is 3.72. The van der Waals surface area contributed by atoms with Gasteiger partial charge in [0.15, 0.2) is 0 Å². The van der Waals surface area contributed by atoms with E-state index >= 15 is 0 Å². The maximum atomic E-state index is 6.16. The van der Waals surface area contributed by atoms with Crippen LogP contribution < -0.4 is 10.2 Å². The minimum Gasteiger partial charge on any atom is -0.487 e. The van der Waals surface area contributed by atoms with Crippen molar-refractivity contribution in [3.8, 4) is 16.9 Å². The number of ether oxygens (including phenoxy) is 1. The molecule has 1 aliphatic rings. The van der Waals surface area contributed by atoms with Crippen LogP contribution in [0.25, 0.3) is 11.1 Å². The molecule has 0 aliphatic carbocycles. The highest BCUT2D eigenvalue weighted by molar-refractivity contribution is 5.73. The molecule has 0 aromatic heterocycles. The highest BCUT2D eigenvalue weighted by atomic mass is 16.6. The van der Waals surface area contributed by atoms with Gasteiger partial charge in [-0.3, -0.25) is 0 Å². The summed E-state index contributed by atoms with van der Waals surface area (Å²) in [6, 6.07) is 16.7. The Bertz CT molecular complexity index is 583. The zero-order chi connectivity index (χ0) is 13.9. The van der Waals surface area contributed by atoms with Crippen LogP contribution in [0.1, 0.15) is 24.9 Å². The molecule has 104 valence electrons. The summed E-state index contributed by atoms with van der Waals surface area (Å²) in [5.74, 6) is 0.972. The van der Waals surface area contributed by atoms with Crippen LogP contribution in [0.5, 0.6) is 5.75 Å². The lowest BCUT2D eigenvalue weighted by Gasteiger charge is -2.17. The maximum absolute atomic E-state index is 6.16. The van der Waals surface area contributed by atoms with Crippen LogP contribution in [-0.4, -0.2) is 13.2 Å². The number of fused-ring (bicyclic) bond motifs is 1. The lowest BCUT2D eigenvalue weighted by atomic mass is 9.98. The molecule has 0 spiro atoms. The van der Waals surface area contributed by atoms with E-state index in [0.717, 1.165) is 17.7 Å². The summed E-state index contributed by atoms with van der Waals surface area (Å²) in [5.41, 5.74) is 6.54. The van der Waals surface area contributed by atoms with Gasteiger partial charge in [-0.25, -0.2) is 0 Å². The van der Waals surface area contributed by atoms with Gasteiger partial charge in [0.2, 0.25) is 0 Å². The average molecular weight is 269 g/mol. The summed E-state index contributed by atoms with van der Waals surface area (Å²) in [7, 11) is 1.64. The Morgan fingerprint density at radius 2 is 1.90 bits per heavy atom.